The monoisotopic (exact) mass is 263 g/mol. The molecule has 2 N–H and O–H groups in total. The maximum atomic E-state index is 11.9. The Hall–Kier alpha value is -1.66. The van der Waals surface area contributed by atoms with E-state index in [2.05, 4.69) is 14.9 Å². The molecule has 18 heavy (non-hydrogen) atoms. The van der Waals surface area contributed by atoms with Gasteiger partial charge >= 0.3 is 0 Å². The zero-order chi connectivity index (χ0) is 12.6. The van der Waals surface area contributed by atoms with Crippen molar-refractivity contribution in [1.82, 2.24) is 14.9 Å². The molecule has 5 nitrogen and oxygen atoms in total. The normalized spacial score (nSPS) is 22.9. The van der Waals surface area contributed by atoms with Gasteiger partial charge in [0.15, 0.2) is 0 Å². The molecule has 0 saturated heterocycles. The minimum absolute atomic E-state index is 0.00713. The average Bonchev–Trinajstić information content (AvgIpc) is 2.91. The third-order valence-corrected chi connectivity index (χ3v) is 4.57. The summed E-state index contributed by atoms with van der Waals surface area (Å²) in [6.07, 6.45) is 3.53. The Bertz CT molecular complexity index is 623. The molecule has 1 aliphatic carbocycles. The van der Waals surface area contributed by atoms with Gasteiger partial charge < -0.3 is 0 Å². The highest BCUT2D eigenvalue weighted by molar-refractivity contribution is 7.89. The van der Waals surface area contributed by atoms with Gasteiger partial charge in [-0.3, -0.25) is 5.10 Å². The van der Waals surface area contributed by atoms with Gasteiger partial charge in [0, 0.05) is 18.2 Å². The molecule has 6 heteroatoms. The molecule has 2 atom stereocenters. The lowest BCUT2D eigenvalue weighted by atomic mass is 10.1. The zero-order valence-corrected chi connectivity index (χ0v) is 10.4. The lowest BCUT2D eigenvalue weighted by molar-refractivity contribution is 0.580. The molecule has 1 aliphatic rings. The van der Waals surface area contributed by atoms with Gasteiger partial charge in [-0.2, -0.15) is 5.10 Å². The van der Waals surface area contributed by atoms with Crippen molar-refractivity contribution in [2.45, 2.75) is 23.3 Å². The van der Waals surface area contributed by atoms with Gasteiger partial charge in [-0.05, 0) is 12.0 Å². The van der Waals surface area contributed by atoms with Crippen LogP contribution in [0.1, 0.15) is 17.9 Å². The van der Waals surface area contributed by atoms with E-state index in [0.717, 1.165) is 6.42 Å². The molecule has 1 saturated carbocycles. The van der Waals surface area contributed by atoms with Gasteiger partial charge in [0.05, 0.1) is 6.20 Å². The van der Waals surface area contributed by atoms with Crippen molar-refractivity contribution in [2.24, 2.45) is 0 Å². The minimum Gasteiger partial charge on any atom is -0.284 e. The van der Waals surface area contributed by atoms with Gasteiger partial charge in [-0.1, -0.05) is 30.3 Å². The van der Waals surface area contributed by atoms with Crippen molar-refractivity contribution < 1.29 is 8.42 Å². The molecule has 94 valence electrons. The third-order valence-electron chi connectivity index (χ3n) is 3.11. The number of benzene rings is 1. The first-order valence-electron chi connectivity index (χ1n) is 5.73. The summed E-state index contributed by atoms with van der Waals surface area (Å²) in [7, 11) is -3.44. The maximum absolute atomic E-state index is 11.9. The fourth-order valence-electron chi connectivity index (χ4n) is 2.05. The van der Waals surface area contributed by atoms with E-state index in [-0.39, 0.29) is 16.9 Å². The van der Waals surface area contributed by atoms with Crippen LogP contribution in [0.5, 0.6) is 0 Å². The van der Waals surface area contributed by atoms with Crippen LogP contribution in [0.4, 0.5) is 0 Å². The van der Waals surface area contributed by atoms with Crippen LogP contribution < -0.4 is 4.72 Å². The molecule has 1 fully saturated rings. The molecule has 2 aromatic rings. The number of rotatable bonds is 4. The molecule has 0 bridgehead atoms. The summed E-state index contributed by atoms with van der Waals surface area (Å²) < 4.78 is 26.6. The first kappa shape index (κ1) is 11.4. The standard InChI is InChI=1S/C12H13N3O2S/c16-18(17,10-7-13-14-8-10)15-12-6-11(12)9-4-2-1-3-5-9/h1-5,7-8,11-12,15H,6H2,(H,13,14). The second kappa shape index (κ2) is 4.22. The predicted molar refractivity (Wildman–Crippen MR) is 66.5 cm³/mol. The SMILES string of the molecule is O=S(=O)(NC1CC1c1ccccc1)c1cn[nH]c1. The number of nitrogens with one attached hydrogen (secondary N) is 2. The van der Waals surface area contributed by atoms with E-state index in [1.807, 2.05) is 30.3 Å². The number of hydrogen-bond acceptors (Lipinski definition) is 3. The van der Waals surface area contributed by atoms with Crippen molar-refractivity contribution >= 4 is 10.0 Å². The van der Waals surface area contributed by atoms with Gasteiger partial charge in [0.2, 0.25) is 10.0 Å². The lowest BCUT2D eigenvalue weighted by Gasteiger charge is -2.04. The average molecular weight is 263 g/mol. The van der Waals surface area contributed by atoms with Gasteiger partial charge in [-0.25, -0.2) is 13.1 Å². The van der Waals surface area contributed by atoms with Crippen molar-refractivity contribution in [2.75, 3.05) is 0 Å². The van der Waals surface area contributed by atoms with Crippen molar-refractivity contribution in [1.29, 1.82) is 0 Å². The number of nitrogens with zero attached hydrogens (tertiary/aromatic N) is 1. The van der Waals surface area contributed by atoms with Crippen LogP contribution in [-0.2, 0) is 10.0 Å². The van der Waals surface area contributed by atoms with Crippen LogP contribution in [0, 0.1) is 0 Å². The molecule has 3 rings (SSSR count). The highest BCUT2D eigenvalue weighted by Gasteiger charge is 2.41. The molecule has 0 radical (unpaired) electrons. The topological polar surface area (TPSA) is 74.8 Å². The first-order valence-corrected chi connectivity index (χ1v) is 7.21. The van der Waals surface area contributed by atoms with E-state index in [4.69, 9.17) is 0 Å². The van der Waals surface area contributed by atoms with Crippen LogP contribution in [0.2, 0.25) is 0 Å². The van der Waals surface area contributed by atoms with E-state index in [0.29, 0.717) is 0 Å². The molecule has 0 spiro atoms. The number of aromatic nitrogens is 2. The molecular formula is C12H13N3O2S. The lowest BCUT2D eigenvalue weighted by Crippen LogP contribution is -2.26. The Kier molecular flexibility index (Phi) is 2.68. The second-order valence-corrected chi connectivity index (χ2v) is 6.13. The number of H-pyrrole nitrogens is 1. The summed E-state index contributed by atoms with van der Waals surface area (Å²) in [5, 5.41) is 6.15. The Morgan fingerprint density at radius 1 is 1.28 bits per heavy atom. The highest BCUT2D eigenvalue weighted by Crippen LogP contribution is 2.41. The van der Waals surface area contributed by atoms with E-state index >= 15 is 0 Å². The van der Waals surface area contributed by atoms with E-state index in [1.54, 1.807) is 0 Å². The maximum Gasteiger partial charge on any atom is 0.243 e. The minimum atomic E-state index is -3.44. The summed E-state index contributed by atoms with van der Waals surface area (Å²) in [5.74, 6) is 0.285. The fraction of sp³-hybridized carbons (Fsp3) is 0.250. The van der Waals surface area contributed by atoms with Gasteiger partial charge in [0.25, 0.3) is 0 Å². The van der Waals surface area contributed by atoms with Crippen molar-refractivity contribution in [3.05, 3.63) is 48.3 Å². The molecule has 0 amide bonds. The molecule has 1 heterocycles. The summed E-state index contributed by atoms with van der Waals surface area (Å²) in [6, 6.07) is 9.93. The Balaban J connectivity index is 1.70. The fourth-order valence-corrected chi connectivity index (χ4v) is 3.24. The van der Waals surface area contributed by atoms with Crippen LogP contribution in [0.3, 0.4) is 0 Å². The van der Waals surface area contributed by atoms with Crippen molar-refractivity contribution in [3.63, 3.8) is 0 Å². The highest BCUT2D eigenvalue weighted by atomic mass is 32.2. The number of hydrogen-bond donors (Lipinski definition) is 2. The quantitative estimate of drug-likeness (QED) is 0.871. The molecule has 1 aromatic carbocycles. The van der Waals surface area contributed by atoms with Crippen LogP contribution in [-0.4, -0.2) is 24.7 Å². The van der Waals surface area contributed by atoms with Crippen LogP contribution in [0.25, 0.3) is 0 Å². The first-order chi connectivity index (χ1) is 8.67. The van der Waals surface area contributed by atoms with E-state index in [1.165, 1.54) is 18.0 Å². The second-order valence-electron chi connectivity index (χ2n) is 4.41. The molecular weight excluding hydrogens is 250 g/mol. The van der Waals surface area contributed by atoms with E-state index in [9.17, 15) is 8.42 Å². The smallest absolute Gasteiger partial charge is 0.243 e. The van der Waals surface area contributed by atoms with Crippen LogP contribution in [0.15, 0.2) is 47.6 Å². The summed E-state index contributed by atoms with van der Waals surface area (Å²) in [5.41, 5.74) is 1.18. The molecule has 0 aliphatic heterocycles. The van der Waals surface area contributed by atoms with Gasteiger partial charge in [-0.15, -0.1) is 0 Å². The largest absolute Gasteiger partial charge is 0.284 e. The molecule has 2 unspecified atom stereocenters. The molecule has 1 aromatic heterocycles. The summed E-state index contributed by atoms with van der Waals surface area (Å²) in [4.78, 5) is 0.182. The summed E-state index contributed by atoms with van der Waals surface area (Å²) >= 11 is 0. The zero-order valence-electron chi connectivity index (χ0n) is 9.58. The van der Waals surface area contributed by atoms with Crippen LogP contribution >= 0.6 is 0 Å². The predicted octanol–water partition coefficient (Wildman–Crippen LogP) is 1.24. The number of aromatic amines is 1. The Labute approximate surface area is 105 Å². The van der Waals surface area contributed by atoms with Gasteiger partial charge in [0.1, 0.15) is 4.90 Å². The third kappa shape index (κ3) is 2.16. The summed E-state index contributed by atoms with van der Waals surface area (Å²) in [6.45, 7) is 0. The number of sulfonamides is 1. The Morgan fingerprint density at radius 3 is 2.72 bits per heavy atom. The Morgan fingerprint density at radius 2 is 2.06 bits per heavy atom. The van der Waals surface area contributed by atoms with E-state index < -0.39 is 10.0 Å². The van der Waals surface area contributed by atoms with Crippen molar-refractivity contribution in [3.8, 4) is 0 Å².